The Morgan fingerprint density at radius 1 is 1.30 bits per heavy atom. The van der Waals surface area contributed by atoms with Crippen LogP contribution in [-0.2, 0) is 7.05 Å². The zero-order valence-electron chi connectivity index (χ0n) is 11.7. The van der Waals surface area contributed by atoms with Gasteiger partial charge in [0, 0.05) is 25.6 Å². The van der Waals surface area contributed by atoms with Crippen LogP contribution in [0.25, 0.3) is 21.9 Å². The molecule has 2 N–H and O–H groups in total. The molecule has 0 saturated carbocycles. The van der Waals surface area contributed by atoms with E-state index < -0.39 is 0 Å². The molecule has 0 aliphatic rings. The highest BCUT2D eigenvalue weighted by Crippen LogP contribution is 2.32. The Kier molecular flexibility index (Phi) is 3.28. The van der Waals surface area contributed by atoms with Gasteiger partial charge in [0.1, 0.15) is 0 Å². The first-order chi connectivity index (χ1) is 9.72. The van der Waals surface area contributed by atoms with E-state index in [9.17, 15) is 0 Å². The molecule has 2 aromatic heterocycles. The predicted molar refractivity (Wildman–Crippen MR) is 80.9 cm³/mol. The average Bonchev–Trinajstić information content (AvgIpc) is 2.73. The lowest BCUT2D eigenvalue weighted by atomic mass is 10.1. The summed E-state index contributed by atoms with van der Waals surface area (Å²) in [4.78, 5) is 4.70. The molecule has 0 saturated heterocycles. The van der Waals surface area contributed by atoms with Gasteiger partial charge in [0.15, 0.2) is 5.65 Å². The fourth-order valence-corrected chi connectivity index (χ4v) is 2.57. The molecule has 0 radical (unpaired) electrons. The van der Waals surface area contributed by atoms with E-state index in [1.165, 1.54) is 0 Å². The number of aryl methyl sites for hydroxylation is 2. The van der Waals surface area contributed by atoms with Gasteiger partial charge in [-0.05, 0) is 19.4 Å². The van der Waals surface area contributed by atoms with Crippen LogP contribution in [0.15, 0.2) is 24.3 Å². The van der Waals surface area contributed by atoms with Crippen molar-refractivity contribution in [3.63, 3.8) is 0 Å². The van der Waals surface area contributed by atoms with Crippen molar-refractivity contribution in [1.82, 2.24) is 14.8 Å². The Labute approximate surface area is 117 Å². The first kappa shape index (κ1) is 12.9. The molecule has 0 bridgehead atoms. The quantitative estimate of drug-likeness (QED) is 0.714. The van der Waals surface area contributed by atoms with E-state index >= 15 is 0 Å². The second kappa shape index (κ2) is 5.09. The molecule has 1 aromatic carbocycles. The van der Waals surface area contributed by atoms with Crippen LogP contribution in [0.1, 0.15) is 12.1 Å². The molecular formula is C15H18N4O. The number of rotatable bonds is 4. The lowest BCUT2D eigenvalue weighted by Gasteiger charge is -2.11. The number of para-hydroxylation sites is 1. The fourth-order valence-electron chi connectivity index (χ4n) is 2.57. The minimum atomic E-state index is 0.186. The lowest BCUT2D eigenvalue weighted by molar-refractivity contribution is 0.292. The van der Waals surface area contributed by atoms with Crippen molar-refractivity contribution in [3.05, 3.63) is 30.0 Å². The highest BCUT2D eigenvalue weighted by Gasteiger charge is 2.14. The van der Waals surface area contributed by atoms with E-state index in [2.05, 4.69) is 16.5 Å². The summed E-state index contributed by atoms with van der Waals surface area (Å²) in [6.45, 7) is 2.91. The molecule has 0 atom stereocenters. The number of nitrogens with one attached hydrogen (secondary N) is 1. The largest absolute Gasteiger partial charge is 0.396 e. The number of nitrogens with zero attached hydrogens (tertiary/aromatic N) is 3. The van der Waals surface area contributed by atoms with Crippen molar-refractivity contribution in [2.24, 2.45) is 7.05 Å². The predicted octanol–water partition coefficient (Wildman–Crippen LogP) is 2.22. The van der Waals surface area contributed by atoms with E-state index in [1.807, 2.05) is 36.9 Å². The molecule has 0 amide bonds. The van der Waals surface area contributed by atoms with Crippen molar-refractivity contribution in [2.45, 2.75) is 13.3 Å². The van der Waals surface area contributed by atoms with Crippen LogP contribution in [0.4, 0.5) is 5.69 Å². The highest BCUT2D eigenvalue weighted by molar-refractivity contribution is 6.07. The van der Waals surface area contributed by atoms with Crippen molar-refractivity contribution < 1.29 is 5.11 Å². The molecule has 0 aliphatic carbocycles. The third kappa shape index (κ3) is 2.00. The third-order valence-corrected chi connectivity index (χ3v) is 3.48. The molecule has 20 heavy (non-hydrogen) atoms. The van der Waals surface area contributed by atoms with Gasteiger partial charge in [0.25, 0.3) is 0 Å². The van der Waals surface area contributed by atoms with Crippen LogP contribution in [0, 0.1) is 6.92 Å². The van der Waals surface area contributed by atoms with Crippen molar-refractivity contribution in [1.29, 1.82) is 0 Å². The molecule has 5 heteroatoms. The maximum Gasteiger partial charge on any atom is 0.160 e. The average molecular weight is 270 g/mol. The number of aliphatic hydroxyl groups is 1. The van der Waals surface area contributed by atoms with Crippen LogP contribution in [0.5, 0.6) is 0 Å². The number of benzene rings is 1. The summed E-state index contributed by atoms with van der Waals surface area (Å²) in [7, 11) is 1.91. The second-order valence-electron chi connectivity index (χ2n) is 4.92. The molecule has 0 unspecified atom stereocenters. The van der Waals surface area contributed by atoms with Gasteiger partial charge < -0.3 is 10.4 Å². The minimum absolute atomic E-state index is 0.186. The van der Waals surface area contributed by atoms with Gasteiger partial charge in [0.2, 0.25) is 0 Å². The van der Waals surface area contributed by atoms with Crippen LogP contribution < -0.4 is 5.32 Å². The van der Waals surface area contributed by atoms with E-state index in [0.717, 1.165) is 46.3 Å². The number of hydrogen-bond acceptors (Lipinski definition) is 4. The van der Waals surface area contributed by atoms with Gasteiger partial charge >= 0.3 is 0 Å². The van der Waals surface area contributed by atoms with E-state index in [4.69, 9.17) is 10.1 Å². The Hall–Kier alpha value is -2.14. The molecule has 5 nitrogen and oxygen atoms in total. The summed E-state index contributed by atoms with van der Waals surface area (Å²) in [5.41, 5.74) is 3.86. The molecule has 0 fully saturated rings. The Morgan fingerprint density at radius 2 is 2.10 bits per heavy atom. The van der Waals surface area contributed by atoms with Crippen molar-refractivity contribution in [3.8, 4) is 0 Å². The summed E-state index contributed by atoms with van der Waals surface area (Å²) in [5.74, 6) is 0. The van der Waals surface area contributed by atoms with Gasteiger partial charge in [-0.25, -0.2) is 4.98 Å². The number of aliphatic hydroxyl groups excluding tert-OH is 1. The molecule has 3 rings (SSSR count). The van der Waals surface area contributed by atoms with Crippen LogP contribution >= 0.6 is 0 Å². The van der Waals surface area contributed by atoms with Crippen LogP contribution in [-0.4, -0.2) is 33.0 Å². The molecule has 104 valence electrons. The fraction of sp³-hybridized carbons (Fsp3) is 0.333. The summed E-state index contributed by atoms with van der Waals surface area (Å²) in [5, 5.41) is 19.0. The van der Waals surface area contributed by atoms with E-state index in [0.29, 0.717) is 0 Å². The standard InChI is InChI=1S/C15H18N4O/c1-10-13-14(16-8-5-9-20)11-6-3-4-7-12(11)17-15(13)19(2)18-10/h3-4,6-7,20H,5,8-9H2,1-2H3,(H,16,17). The minimum Gasteiger partial charge on any atom is -0.396 e. The second-order valence-corrected chi connectivity index (χ2v) is 4.92. The normalized spacial score (nSPS) is 11.3. The van der Waals surface area contributed by atoms with Gasteiger partial charge in [-0.1, -0.05) is 18.2 Å². The van der Waals surface area contributed by atoms with Crippen LogP contribution in [0.2, 0.25) is 0 Å². The summed E-state index contributed by atoms with van der Waals surface area (Å²) >= 11 is 0. The monoisotopic (exact) mass is 270 g/mol. The molecule has 3 aromatic rings. The van der Waals surface area contributed by atoms with Crippen molar-refractivity contribution in [2.75, 3.05) is 18.5 Å². The first-order valence-electron chi connectivity index (χ1n) is 6.79. The molecule has 0 aliphatic heterocycles. The van der Waals surface area contributed by atoms with E-state index in [1.54, 1.807) is 0 Å². The zero-order valence-corrected chi connectivity index (χ0v) is 11.7. The number of hydrogen-bond donors (Lipinski definition) is 2. The topological polar surface area (TPSA) is 63.0 Å². The van der Waals surface area contributed by atoms with Gasteiger partial charge in [-0.3, -0.25) is 4.68 Å². The zero-order chi connectivity index (χ0) is 14.1. The lowest BCUT2D eigenvalue weighted by Crippen LogP contribution is -2.05. The summed E-state index contributed by atoms with van der Waals surface area (Å²) in [6, 6.07) is 8.07. The molecule has 0 spiro atoms. The summed E-state index contributed by atoms with van der Waals surface area (Å²) < 4.78 is 1.81. The van der Waals surface area contributed by atoms with Gasteiger partial charge in [-0.15, -0.1) is 0 Å². The number of pyridine rings is 1. The van der Waals surface area contributed by atoms with E-state index in [-0.39, 0.29) is 6.61 Å². The SMILES string of the molecule is Cc1nn(C)c2nc3ccccc3c(NCCCO)c12. The van der Waals surface area contributed by atoms with Gasteiger partial charge in [-0.2, -0.15) is 5.10 Å². The maximum absolute atomic E-state index is 8.96. The Bertz CT molecular complexity index is 763. The summed E-state index contributed by atoms with van der Waals surface area (Å²) in [6.07, 6.45) is 0.720. The number of anilines is 1. The highest BCUT2D eigenvalue weighted by atomic mass is 16.3. The Balaban J connectivity index is 2.28. The Morgan fingerprint density at radius 3 is 2.90 bits per heavy atom. The third-order valence-electron chi connectivity index (χ3n) is 3.48. The first-order valence-corrected chi connectivity index (χ1v) is 6.79. The van der Waals surface area contributed by atoms with Crippen LogP contribution in [0.3, 0.4) is 0 Å². The maximum atomic E-state index is 8.96. The smallest absolute Gasteiger partial charge is 0.160 e. The van der Waals surface area contributed by atoms with Gasteiger partial charge in [0.05, 0.1) is 22.3 Å². The molecule has 2 heterocycles. The number of fused-ring (bicyclic) bond motifs is 2. The molecular weight excluding hydrogens is 252 g/mol. The number of aromatic nitrogens is 3. The van der Waals surface area contributed by atoms with Crippen molar-refractivity contribution >= 4 is 27.6 Å².